The molecule has 0 spiro atoms. The summed E-state index contributed by atoms with van der Waals surface area (Å²) in [5.41, 5.74) is 2.47. The predicted octanol–water partition coefficient (Wildman–Crippen LogP) is 3.79. The second-order valence-corrected chi connectivity index (χ2v) is 11.0. The molecule has 1 saturated heterocycles. The van der Waals surface area contributed by atoms with Crippen LogP contribution in [0.5, 0.6) is 17.2 Å². The number of piperidine rings is 1. The molecule has 0 saturated carbocycles. The topological polar surface area (TPSA) is 115 Å². The third-order valence-corrected chi connectivity index (χ3v) is 7.58. The molecule has 228 valence electrons. The van der Waals surface area contributed by atoms with Crippen LogP contribution in [0.2, 0.25) is 0 Å². The van der Waals surface area contributed by atoms with Gasteiger partial charge in [-0.1, -0.05) is 19.1 Å². The fourth-order valence-corrected chi connectivity index (χ4v) is 5.50. The van der Waals surface area contributed by atoms with E-state index >= 15 is 0 Å². The number of fused-ring (bicyclic) bond motifs is 5. The summed E-state index contributed by atoms with van der Waals surface area (Å²) < 4.78 is 20.0. The molecular formula is C32H39N5O6. The Morgan fingerprint density at radius 1 is 1.14 bits per heavy atom. The van der Waals surface area contributed by atoms with E-state index in [4.69, 9.17) is 14.2 Å². The van der Waals surface area contributed by atoms with E-state index in [0.29, 0.717) is 60.2 Å². The summed E-state index contributed by atoms with van der Waals surface area (Å²) in [5.74, 6) is 0.717. The highest BCUT2D eigenvalue weighted by Gasteiger charge is 2.35. The predicted molar refractivity (Wildman–Crippen MR) is 159 cm³/mol. The van der Waals surface area contributed by atoms with E-state index in [0.717, 1.165) is 18.5 Å². The molecule has 5 rings (SSSR count). The number of likely N-dealkylation sites (tertiary alicyclic amines) is 1. The summed E-state index contributed by atoms with van der Waals surface area (Å²) in [6.07, 6.45) is 2.91. The Kier molecular flexibility index (Phi) is 9.30. The molecule has 0 radical (unpaired) electrons. The average Bonchev–Trinajstić information content (AvgIpc) is 3.35. The van der Waals surface area contributed by atoms with Crippen molar-refractivity contribution in [1.29, 1.82) is 0 Å². The van der Waals surface area contributed by atoms with Crippen molar-refractivity contribution in [2.75, 3.05) is 33.3 Å². The van der Waals surface area contributed by atoms with Crippen LogP contribution < -0.4 is 14.8 Å². The smallest absolute Gasteiger partial charge is 0.257 e. The number of carbonyl (C=O) groups is 3. The van der Waals surface area contributed by atoms with Crippen molar-refractivity contribution < 1.29 is 28.6 Å². The van der Waals surface area contributed by atoms with Gasteiger partial charge < -0.3 is 29.3 Å². The normalized spacial score (nSPS) is 19.3. The summed E-state index contributed by atoms with van der Waals surface area (Å²) in [5, 5.41) is 7.53. The van der Waals surface area contributed by atoms with Crippen LogP contribution in [0.4, 0.5) is 0 Å². The Labute approximate surface area is 251 Å². The molecule has 0 aliphatic carbocycles. The number of nitrogens with zero attached hydrogens (tertiary/aromatic N) is 4. The first-order valence-corrected chi connectivity index (χ1v) is 14.8. The van der Waals surface area contributed by atoms with Crippen LogP contribution in [0.3, 0.4) is 0 Å². The Morgan fingerprint density at radius 3 is 2.77 bits per heavy atom. The van der Waals surface area contributed by atoms with Gasteiger partial charge in [-0.05, 0) is 56.5 Å². The Balaban J connectivity index is 1.41. The number of rotatable bonds is 5. The van der Waals surface area contributed by atoms with Gasteiger partial charge in [0.1, 0.15) is 17.2 Å². The molecule has 1 fully saturated rings. The number of hydrogen-bond donors (Lipinski definition) is 1. The van der Waals surface area contributed by atoms with Gasteiger partial charge in [-0.2, -0.15) is 5.10 Å². The minimum atomic E-state index is -0.472. The van der Waals surface area contributed by atoms with Gasteiger partial charge in [-0.15, -0.1) is 0 Å². The van der Waals surface area contributed by atoms with Gasteiger partial charge in [-0.3, -0.25) is 19.1 Å². The number of aromatic nitrogens is 2. The largest absolute Gasteiger partial charge is 0.494 e. The number of carbonyl (C=O) groups excluding carboxylic acids is 3. The van der Waals surface area contributed by atoms with E-state index in [1.165, 1.54) is 4.90 Å². The van der Waals surface area contributed by atoms with Crippen LogP contribution in [-0.2, 0) is 22.7 Å². The van der Waals surface area contributed by atoms with E-state index in [9.17, 15) is 14.4 Å². The third kappa shape index (κ3) is 7.16. The number of hydrogen-bond acceptors (Lipinski definition) is 7. The first-order chi connectivity index (χ1) is 20.7. The number of amides is 3. The first kappa shape index (κ1) is 30.1. The number of nitrogens with one attached hydrogen (secondary N) is 1. The van der Waals surface area contributed by atoms with E-state index < -0.39 is 6.04 Å². The highest BCUT2D eigenvalue weighted by Crippen LogP contribution is 2.29. The van der Waals surface area contributed by atoms with Crippen LogP contribution in [-0.4, -0.2) is 82.7 Å². The Hall–Kier alpha value is -4.38. The molecule has 3 aromatic rings. The molecule has 2 aromatic carbocycles. The van der Waals surface area contributed by atoms with Crippen molar-refractivity contribution in [2.45, 2.75) is 58.9 Å². The lowest BCUT2D eigenvalue weighted by Gasteiger charge is -2.39. The van der Waals surface area contributed by atoms with Crippen LogP contribution >= 0.6 is 0 Å². The Bertz CT molecular complexity index is 1490. The zero-order chi connectivity index (χ0) is 30.5. The minimum Gasteiger partial charge on any atom is -0.494 e. The summed E-state index contributed by atoms with van der Waals surface area (Å²) in [6.45, 7) is 7.79. The van der Waals surface area contributed by atoms with Crippen molar-refractivity contribution in [2.24, 2.45) is 0 Å². The van der Waals surface area contributed by atoms with Crippen LogP contribution in [0.25, 0.3) is 0 Å². The molecule has 2 aliphatic rings. The van der Waals surface area contributed by atoms with Crippen LogP contribution in [0, 0.1) is 6.92 Å². The summed E-state index contributed by atoms with van der Waals surface area (Å²) in [7, 11) is 1.57. The molecule has 4 bridgehead atoms. The monoisotopic (exact) mass is 589 g/mol. The van der Waals surface area contributed by atoms with E-state index in [-0.39, 0.29) is 36.9 Å². The number of aryl methyl sites for hydroxylation is 2. The minimum absolute atomic E-state index is 0.123. The fourth-order valence-electron chi connectivity index (χ4n) is 5.50. The lowest BCUT2D eigenvalue weighted by Crippen LogP contribution is -2.58. The Morgan fingerprint density at radius 2 is 1.98 bits per heavy atom. The van der Waals surface area contributed by atoms with Gasteiger partial charge in [0.05, 0.1) is 43.2 Å². The van der Waals surface area contributed by atoms with Gasteiger partial charge in [0, 0.05) is 44.5 Å². The molecule has 1 aromatic heterocycles. The molecule has 2 atom stereocenters. The highest BCUT2D eigenvalue weighted by atomic mass is 16.5. The SMILES string of the molecule is CCCn1cc(C(=O)N2CC[C@@H]3OCc4cccc(c4)Oc4cc(OCC)cc(c4)C(=O)N(C)CC(=O)N[C@@H]3C2)c(C)n1. The van der Waals surface area contributed by atoms with Crippen molar-refractivity contribution in [3.8, 4) is 17.2 Å². The first-order valence-electron chi connectivity index (χ1n) is 14.8. The second-order valence-electron chi connectivity index (χ2n) is 11.0. The molecule has 43 heavy (non-hydrogen) atoms. The quantitative estimate of drug-likeness (QED) is 0.482. The molecular weight excluding hydrogens is 550 g/mol. The van der Waals surface area contributed by atoms with Crippen molar-refractivity contribution in [3.05, 3.63) is 71.0 Å². The third-order valence-electron chi connectivity index (χ3n) is 7.58. The van der Waals surface area contributed by atoms with E-state index in [1.807, 2.05) is 38.1 Å². The lowest BCUT2D eigenvalue weighted by atomic mass is 10.0. The maximum Gasteiger partial charge on any atom is 0.257 e. The number of likely N-dealkylation sites (N-methyl/N-ethyl adjacent to an activating group) is 1. The number of benzene rings is 2. The van der Waals surface area contributed by atoms with Crippen LogP contribution in [0.1, 0.15) is 58.7 Å². The molecule has 1 N–H and O–H groups in total. The van der Waals surface area contributed by atoms with Crippen molar-refractivity contribution in [3.63, 3.8) is 0 Å². The van der Waals surface area contributed by atoms with Crippen molar-refractivity contribution in [1.82, 2.24) is 24.9 Å². The number of ether oxygens (including phenoxy) is 3. The zero-order valence-corrected chi connectivity index (χ0v) is 25.2. The lowest BCUT2D eigenvalue weighted by molar-refractivity contribution is -0.124. The fraction of sp³-hybridized carbons (Fsp3) is 0.438. The molecule has 2 aliphatic heterocycles. The van der Waals surface area contributed by atoms with Gasteiger partial charge in [-0.25, -0.2) is 0 Å². The molecule has 3 heterocycles. The maximum atomic E-state index is 13.5. The van der Waals surface area contributed by atoms with E-state index in [2.05, 4.69) is 17.3 Å². The average molecular weight is 590 g/mol. The molecule has 11 heteroatoms. The summed E-state index contributed by atoms with van der Waals surface area (Å²) in [6, 6.07) is 12.1. The van der Waals surface area contributed by atoms with E-state index in [1.54, 1.807) is 41.0 Å². The van der Waals surface area contributed by atoms with Crippen molar-refractivity contribution >= 4 is 17.7 Å². The second kappa shape index (κ2) is 13.3. The zero-order valence-electron chi connectivity index (χ0n) is 25.2. The maximum absolute atomic E-state index is 13.5. The summed E-state index contributed by atoms with van der Waals surface area (Å²) in [4.78, 5) is 43.3. The molecule has 0 unspecified atom stereocenters. The van der Waals surface area contributed by atoms with Crippen LogP contribution in [0.15, 0.2) is 48.7 Å². The summed E-state index contributed by atoms with van der Waals surface area (Å²) >= 11 is 0. The highest BCUT2D eigenvalue weighted by molar-refractivity contribution is 5.97. The van der Waals surface area contributed by atoms with Gasteiger partial charge >= 0.3 is 0 Å². The molecule has 11 nitrogen and oxygen atoms in total. The standard InChI is InChI=1S/C32H39N5O6/c1-5-11-37-17-27(21(3)34-37)32(40)36-12-10-29-28(18-36)33-30(38)19-35(4)31(39)23-14-25(41-6-2)16-26(15-23)43-24-9-7-8-22(13-24)20-42-29/h7-9,13-17,28-29H,5-6,10-12,18-20H2,1-4H3,(H,33,38)/t28-,29+/m1/s1. The van der Waals surface area contributed by atoms with Gasteiger partial charge in [0.15, 0.2) is 0 Å². The van der Waals surface area contributed by atoms with Gasteiger partial charge in [0.25, 0.3) is 11.8 Å². The van der Waals surface area contributed by atoms with Gasteiger partial charge in [0.2, 0.25) is 5.91 Å². The molecule has 3 amide bonds.